The fourth-order valence-electron chi connectivity index (χ4n) is 3.44. The Morgan fingerprint density at radius 2 is 2.00 bits per heavy atom. The molecule has 1 aliphatic heterocycles. The SMILES string of the molecule is CCC(CC)NC1C2CCOC2C1(C)C. The smallest absolute Gasteiger partial charge is 0.0685 e. The molecule has 0 amide bonds. The number of fused-ring (bicyclic) bond motifs is 1. The van der Waals surface area contributed by atoms with Crippen molar-refractivity contribution in [1.29, 1.82) is 0 Å². The molecular formula is C13H25NO. The van der Waals surface area contributed by atoms with E-state index in [1.165, 1.54) is 19.3 Å². The molecule has 0 aromatic rings. The van der Waals surface area contributed by atoms with E-state index in [1.54, 1.807) is 0 Å². The molecule has 0 aromatic heterocycles. The monoisotopic (exact) mass is 211 g/mol. The second kappa shape index (κ2) is 4.06. The van der Waals surface area contributed by atoms with Crippen molar-refractivity contribution in [2.75, 3.05) is 6.61 Å². The summed E-state index contributed by atoms with van der Waals surface area (Å²) >= 11 is 0. The summed E-state index contributed by atoms with van der Waals surface area (Å²) in [6, 6.07) is 1.37. The zero-order chi connectivity index (χ0) is 11.1. The Hall–Kier alpha value is -0.0800. The minimum absolute atomic E-state index is 0.337. The highest BCUT2D eigenvalue weighted by molar-refractivity contribution is 5.11. The molecule has 1 saturated carbocycles. The summed E-state index contributed by atoms with van der Waals surface area (Å²) in [6.07, 6.45) is 4.25. The number of rotatable bonds is 4. The van der Waals surface area contributed by atoms with E-state index in [9.17, 15) is 0 Å². The summed E-state index contributed by atoms with van der Waals surface area (Å²) in [6.45, 7) is 10.2. The summed E-state index contributed by atoms with van der Waals surface area (Å²) in [5, 5.41) is 3.83. The van der Waals surface area contributed by atoms with Crippen LogP contribution in [0.5, 0.6) is 0 Å². The minimum Gasteiger partial charge on any atom is -0.377 e. The van der Waals surface area contributed by atoms with Crippen molar-refractivity contribution in [3.8, 4) is 0 Å². The highest BCUT2D eigenvalue weighted by Crippen LogP contribution is 2.52. The van der Waals surface area contributed by atoms with Gasteiger partial charge in [0.2, 0.25) is 0 Å². The fourth-order valence-corrected chi connectivity index (χ4v) is 3.44. The van der Waals surface area contributed by atoms with Crippen molar-refractivity contribution >= 4 is 0 Å². The molecule has 1 aliphatic carbocycles. The molecule has 2 nitrogen and oxygen atoms in total. The topological polar surface area (TPSA) is 21.3 Å². The average Bonchev–Trinajstić information content (AvgIpc) is 2.65. The maximum absolute atomic E-state index is 5.81. The van der Waals surface area contributed by atoms with Crippen molar-refractivity contribution in [3.05, 3.63) is 0 Å². The third-order valence-corrected chi connectivity index (χ3v) is 4.50. The van der Waals surface area contributed by atoms with Crippen LogP contribution in [0, 0.1) is 11.3 Å². The lowest BCUT2D eigenvalue weighted by Gasteiger charge is -2.55. The maximum atomic E-state index is 5.81. The van der Waals surface area contributed by atoms with E-state index in [2.05, 4.69) is 33.0 Å². The maximum Gasteiger partial charge on any atom is 0.0685 e. The van der Waals surface area contributed by atoms with Crippen LogP contribution in [0.3, 0.4) is 0 Å². The van der Waals surface area contributed by atoms with Crippen LogP contribution in [0.25, 0.3) is 0 Å². The zero-order valence-corrected chi connectivity index (χ0v) is 10.5. The Labute approximate surface area is 93.8 Å². The van der Waals surface area contributed by atoms with Gasteiger partial charge in [0.05, 0.1) is 6.10 Å². The van der Waals surface area contributed by atoms with Crippen LogP contribution in [-0.2, 0) is 4.74 Å². The first-order valence-corrected chi connectivity index (χ1v) is 6.48. The van der Waals surface area contributed by atoms with Crippen LogP contribution in [0.15, 0.2) is 0 Å². The lowest BCUT2D eigenvalue weighted by atomic mass is 9.57. The van der Waals surface area contributed by atoms with Gasteiger partial charge < -0.3 is 10.1 Å². The van der Waals surface area contributed by atoms with Crippen molar-refractivity contribution in [1.82, 2.24) is 5.32 Å². The van der Waals surface area contributed by atoms with Gasteiger partial charge in [0.25, 0.3) is 0 Å². The normalized spacial score (nSPS) is 37.8. The molecule has 1 heterocycles. The van der Waals surface area contributed by atoms with Crippen LogP contribution in [0.4, 0.5) is 0 Å². The lowest BCUT2D eigenvalue weighted by molar-refractivity contribution is -0.115. The van der Waals surface area contributed by atoms with Gasteiger partial charge in [0.15, 0.2) is 0 Å². The van der Waals surface area contributed by atoms with Gasteiger partial charge >= 0.3 is 0 Å². The van der Waals surface area contributed by atoms with Crippen LogP contribution >= 0.6 is 0 Å². The van der Waals surface area contributed by atoms with Crippen molar-refractivity contribution < 1.29 is 4.74 Å². The molecule has 3 atom stereocenters. The molecule has 0 radical (unpaired) electrons. The Kier molecular flexibility index (Phi) is 3.09. The quantitative estimate of drug-likeness (QED) is 0.771. The number of ether oxygens (including phenoxy) is 1. The number of hydrogen-bond acceptors (Lipinski definition) is 2. The van der Waals surface area contributed by atoms with Crippen LogP contribution in [0.2, 0.25) is 0 Å². The van der Waals surface area contributed by atoms with Gasteiger partial charge in [-0.3, -0.25) is 0 Å². The van der Waals surface area contributed by atoms with E-state index in [-0.39, 0.29) is 0 Å². The molecule has 3 unspecified atom stereocenters. The largest absolute Gasteiger partial charge is 0.377 e. The molecule has 2 fully saturated rings. The van der Waals surface area contributed by atoms with E-state index in [0.717, 1.165) is 12.5 Å². The van der Waals surface area contributed by atoms with Crippen LogP contribution in [0.1, 0.15) is 47.0 Å². The first kappa shape index (κ1) is 11.4. The van der Waals surface area contributed by atoms with Gasteiger partial charge in [-0.15, -0.1) is 0 Å². The second-order valence-corrected chi connectivity index (χ2v) is 5.72. The predicted octanol–water partition coefficient (Wildman–Crippen LogP) is 2.58. The molecule has 88 valence electrons. The zero-order valence-electron chi connectivity index (χ0n) is 10.5. The highest BCUT2D eigenvalue weighted by atomic mass is 16.5. The summed E-state index contributed by atoms with van der Waals surface area (Å²) in [5.41, 5.74) is 0.337. The van der Waals surface area contributed by atoms with Crippen LogP contribution in [-0.4, -0.2) is 24.8 Å². The fraction of sp³-hybridized carbons (Fsp3) is 1.00. The summed E-state index contributed by atoms with van der Waals surface area (Å²) in [5.74, 6) is 0.778. The Morgan fingerprint density at radius 3 is 2.60 bits per heavy atom. The lowest BCUT2D eigenvalue weighted by Crippen LogP contribution is -2.67. The van der Waals surface area contributed by atoms with Crippen molar-refractivity contribution in [3.63, 3.8) is 0 Å². The summed E-state index contributed by atoms with van der Waals surface area (Å²) < 4.78 is 5.81. The second-order valence-electron chi connectivity index (χ2n) is 5.72. The predicted molar refractivity (Wildman–Crippen MR) is 62.9 cm³/mol. The van der Waals surface area contributed by atoms with Crippen molar-refractivity contribution in [2.45, 2.75) is 65.1 Å². The van der Waals surface area contributed by atoms with Gasteiger partial charge in [0, 0.05) is 30.0 Å². The Morgan fingerprint density at radius 1 is 1.33 bits per heavy atom. The first-order valence-electron chi connectivity index (χ1n) is 6.48. The minimum atomic E-state index is 0.337. The van der Waals surface area contributed by atoms with Gasteiger partial charge in [-0.2, -0.15) is 0 Å². The van der Waals surface area contributed by atoms with Gasteiger partial charge in [-0.05, 0) is 19.3 Å². The number of hydrogen-bond donors (Lipinski definition) is 1. The number of nitrogens with one attached hydrogen (secondary N) is 1. The average molecular weight is 211 g/mol. The molecule has 1 saturated heterocycles. The molecule has 2 aliphatic rings. The van der Waals surface area contributed by atoms with E-state index in [0.29, 0.717) is 23.6 Å². The third kappa shape index (κ3) is 1.72. The molecule has 1 N–H and O–H groups in total. The van der Waals surface area contributed by atoms with Gasteiger partial charge in [-0.25, -0.2) is 0 Å². The van der Waals surface area contributed by atoms with Crippen LogP contribution < -0.4 is 5.32 Å². The van der Waals surface area contributed by atoms with E-state index >= 15 is 0 Å². The summed E-state index contributed by atoms with van der Waals surface area (Å²) in [7, 11) is 0. The Bertz CT molecular complexity index is 223. The molecule has 0 spiro atoms. The first-order chi connectivity index (χ1) is 7.11. The summed E-state index contributed by atoms with van der Waals surface area (Å²) in [4.78, 5) is 0. The van der Waals surface area contributed by atoms with Gasteiger partial charge in [0.1, 0.15) is 0 Å². The Balaban J connectivity index is 1.97. The van der Waals surface area contributed by atoms with E-state index in [4.69, 9.17) is 4.74 Å². The molecule has 2 heteroatoms. The highest BCUT2D eigenvalue weighted by Gasteiger charge is 2.59. The van der Waals surface area contributed by atoms with E-state index < -0.39 is 0 Å². The van der Waals surface area contributed by atoms with E-state index in [1.807, 2.05) is 0 Å². The standard InChI is InChI=1S/C13H25NO/c1-5-9(6-2)14-11-10-7-8-15-12(10)13(11,3)4/h9-12,14H,5-8H2,1-4H3. The third-order valence-electron chi connectivity index (χ3n) is 4.50. The van der Waals surface area contributed by atoms with Gasteiger partial charge in [-0.1, -0.05) is 27.7 Å². The molecular weight excluding hydrogens is 186 g/mol. The molecule has 0 aromatic carbocycles. The molecule has 2 rings (SSSR count). The molecule has 15 heavy (non-hydrogen) atoms. The molecule has 0 bridgehead atoms. The van der Waals surface area contributed by atoms with Crippen molar-refractivity contribution in [2.24, 2.45) is 11.3 Å².